The van der Waals surface area contributed by atoms with E-state index >= 15 is 0 Å². The molecule has 250 valence electrons. The normalized spacial score (nSPS) is 43.7. The first-order valence-corrected chi connectivity index (χ1v) is 14.7. The van der Waals surface area contributed by atoms with Crippen molar-refractivity contribution < 1.29 is 68.5 Å². The minimum atomic E-state index is -5.32. The van der Waals surface area contributed by atoms with Crippen molar-refractivity contribution >= 4 is 19.7 Å². The lowest BCUT2D eigenvalue weighted by Crippen LogP contribution is -2.66. The van der Waals surface area contributed by atoms with Crippen molar-refractivity contribution in [3.05, 3.63) is 0 Å². The van der Waals surface area contributed by atoms with E-state index in [4.69, 9.17) is 46.4 Å². The number of rotatable bonds is 11. The molecule has 15 atom stereocenters. The molecule has 0 amide bonds. The Balaban J connectivity index is 1.99. The first kappa shape index (κ1) is 35.7. The fraction of sp³-hybridized carbons (Fsp3) is 0.905. The predicted octanol–water partition coefficient (Wildman–Crippen LogP) is -7.37. The molecule has 0 radical (unpaired) electrons. The Labute approximate surface area is 245 Å². The van der Waals surface area contributed by atoms with E-state index in [1.807, 2.05) is 0 Å². The molecule has 3 rings (SSSR count). The minimum absolute atomic E-state index is 0.513. The lowest BCUT2D eigenvalue weighted by molar-refractivity contribution is -0.309. The van der Waals surface area contributed by atoms with E-state index in [1.165, 1.54) is 7.05 Å². The Kier molecular flexibility index (Phi) is 12.1. The van der Waals surface area contributed by atoms with Gasteiger partial charge in [0.05, 0.1) is 25.4 Å². The molecule has 0 spiro atoms. The van der Waals surface area contributed by atoms with E-state index in [0.717, 1.165) is 0 Å². The van der Waals surface area contributed by atoms with Crippen LogP contribution >= 0.6 is 7.82 Å². The molecule has 21 nitrogen and oxygen atoms in total. The van der Waals surface area contributed by atoms with Crippen molar-refractivity contribution in [2.45, 2.75) is 92.6 Å². The molecule has 0 bridgehead atoms. The minimum Gasteiger partial charge on any atom is -0.396 e. The first-order chi connectivity index (χ1) is 20.0. The summed E-state index contributed by atoms with van der Waals surface area (Å²) in [6.45, 7) is 0.391. The van der Waals surface area contributed by atoms with Gasteiger partial charge >= 0.3 is 7.82 Å². The molecule has 2 saturated heterocycles. The van der Waals surface area contributed by atoms with Gasteiger partial charge in [0.15, 0.2) is 24.5 Å². The molecule has 43 heavy (non-hydrogen) atoms. The average molecular weight is 648 g/mol. The van der Waals surface area contributed by atoms with Gasteiger partial charge in [0.2, 0.25) is 0 Å². The van der Waals surface area contributed by atoms with E-state index in [1.54, 1.807) is 6.92 Å². The number of nitrogens with two attached hydrogens (primary N) is 4. The van der Waals surface area contributed by atoms with Gasteiger partial charge in [0, 0.05) is 5.92 Å². The highest BCUT2D eigenvalue weighted by atomic mass is 31.2. The van der Waals surface area contributed by atoms with Crippen LogP contribution in [0.2, 0.25) is 0 Å². The van der Waals surface area contributed by atoms with Crippen LogP contribution in [0.15, 0.2) is 9.98 Å². The standard InChI is InChI=1S/C21H42N7O14P/c1-5-6(3-29)15(40-18-10(26-2)13(33)11(31)7(4-30)39-18)19(38-5)41-16-8(27-20(22)23)12(32)9(28-21(24)25)17(14(16)34)42-43(35,36)37/h5-19,26,29-34H,3-4H2,1-2H3,(H4,22,23,27)(H4,24,25,28)(H2,35,36,37)/t5-,6-,7-,8-,9+,10-,11-,12-,13-,14-,15+,16+,17-,18-,19-/m0/s1. The van der Waals surface area contributed by atoms with E-state index in [2.05, 4.69) is 15.3 Å². The van der Waals surface area contributed by atoms with Gasteiger partial charge in [-0.3, -0.25) is 4.52 Å². The molecule has 0 aromatic heterocycles. The number of aliphatic imine (C=N–C) groups is 2. The van der Waals surface area contributed by atoms with Crippen molar-refractivity contribution in [1.82, 2.24) is 5.32 Å². The predicted molar refractivity (Wildman–Crippen MR) is 143 cm³/mol. The zero-order chi connectivity index (χ0) is 32.4. The maximum Gasteiger partial charge on any atom is 0.470 e. The molecule has 2 heterocycles. The van der Waals surface area contributed by atoms with E-state index in [-0.39, 0.29) is 0 Å². The highest BCUT2D eigenvalue weighted by molar-refractivity contribution is 7.46. The largest absolute Gasteiger partial charge is 0.470 e. The summed E-state index contributed by atoms with van der Waals surface area (Å²) >= 11 is 0. The van der Waals surface area contributed by atoms with E-state index < -0.39 is 125 Å². The number of phosphoric acid groups is 1. The number of ether oxygens (including phenoxy) is 4. The highest BCUT2D eigenvalue weighted by Crippen LogP contribution is 2.44. The Morgan fingerprint density at radius 1 is 0.814 bits per heavy atom. The van der Waals surface area contributed by atoms with Gasteiger partial charge in [-0.2, -0.15) is 0 Å². The summed E-state index contributed by atoms with van der Waals surface area (Å²) < 4.78 is 40.1. The molecule has 0 aromatic carbocycles. The molecular weight excluding hydrogens is 605 g/mol. The molecular formula is C21H42N7O14P. The van der Waals surface area contributed by atoms with Crippen LogP contribution in [-0.2, 0) is 28.0 Å². The second kappa shape index (κ2) is 14.5. The van der Waals surface area contributed by atoms with E-state index in [0.29, 0.717) is 0 Å². The Morgan fingerprint density at radius 2 is 1.37 bits per heavy atom. The van der Waals surface area contributed by atoms with Gasteiger partial charge in [-0.25, -0.2) is 14.5 Å². The molecule has 1 saturated carbocycles. The average Bonchev–Trinajstić information content (AvgIpc) is 3.20. The number of aliphatic hydroxyl groups excluding tert-OH is 6. The van der Waals surface area contributed by atoms with Crippen molar-refractivity contribution in [1.29, 1.82) is 0 Å². The second-order valence-electron chi connectivity index (χ2n) is 10.4. The van der Waals surface area contributed by atoms with E-state index in [9.17, 15) is 45.0 Å². The first-order valence-electron chi connectivity index (χ1n) is 13.2. The highest BCUT2D eigenvalue weighted by Gasteiger charge is 2.57. The van der Waals surface area contributed by atoms with Crippen LogP contribution in [0.1, 0.15) is 6.92 Å². The van der Waals surface area contributed by atoms with Gasteiger partial charge in [-0.1, -0.05) is 0 Å². The van der Waals surface area contributed by atoms with Gasteiger partial charge in [-0.15, -0.1) is 0 Å². The van der Waals surface area contributed by atoms with Crippen molar-refractivity contribution in [2.24, 2.45) is 38.8 Å². The number of hydrogen-bond acceptors (Lipinski definition) is 15. The number of guanidine groups is 2. The maximum absolute atomic E-state index is 11.8. The monoisotopic (exact) mass is 647 g/mol. The topological polar surface area (TPSA) is 366 Å². The third-order valence-electron chi connectivity index (χ3n) is 7.55. The summed E-state index contributed by atoms with van der Waals surface area (Å²) in [4.78, 5) is 26.6. The number of nitrogens with one attached hydrogen (secondary N) is 1. The fourth-order valence-corrected chi connectivity index (χ4v) is 6.04. The van der Waals surface area contributed by atoms with Crippen LogP contribution in [0.4, 0.5) is 0 Å². The Morgan fingerprint density at radius 3 is 1.86 bits per heavy atom. The van der Waals surface area contributed by atoms with Crippen LogP contribution in [0.3, 0.4) is 0 Å². The second-order valence-corrected chi connectivity index (χ2v) is 11.6. The van der Waals surface area contributed by atoms with Crippen LogP contribution in [0, 0.1) is 5.92 Å². The third kappa shape index (κ3) is 8.09. The Bertz CT molecular complexity index is 1030. The summed E-state index contributed by atoms with van der Waals surface area (Å²) in [5, 5.41) is 65.8. The molecule has 22 heteroatoms. The SMILES string of the molecule is CN[C@@H]1[C@H](O[C@H]2[C@H](O[C@H]3[C@H](O)[C@@H](OP(=O)(O)O)[C@H](N=C(N)N)[C@@H](O)[C@@H]3N=C(N)N)O[C@@H](C)[C@@H]2CO)O[C@@H](CO)[C@H](O)[C@H]1O. The van der Waals surface area contributed by atoms with Gasteiger partial charge in [0.1, 0.15) is 60.9 Å². The quantitative estimate of drug-likeness (QED) is 0.0562. The zero-order valence-corrected chi connectivity index (χ0v) is 24.1. The summed E-state index contributed by atoms with van der Waals surface area (Å²) in [5.41, 5.74) is 21.9. The summed E-state index contributed by atoms with van der Waals surface area (Å²) in [5.74, 6) is -2.00. The maximum atomic E-state index is 11.8. The third-order valence-corrected chi connectivity index (χ3v) is 8.07. The van der Waals surface area contributed by atoms with Crippen molar-refractivity contribution in [3.8, 4) is 0 Å². The number of nitrogens with zero attached hydrogens (tertiary/aromatic N) is 2. The van der Waals surface area contributed by atoms with Gasteiger partial charge in [-0.05, 0) is 14.0 Å². The zero-order valence-electron chi connectivity index (χ0n) is 23.3. The molecule has 0 aromatic rings. The molecule has 3 aliphatic rings. The number of hydrogen-bond donors (Lipinski definition) is 13. The van der Waals surface area contributed by atoms with Crippen LogP contribution in [0.5, 0.6) is 0 Å². The molecule has 1 aliphatic carbocycles. The van der Waals surface area contributed by atoms with Crippen LogP contribution in [0.25, 0.3) is 0 Å². The fourth-order valence-electron chi connectivity index (χ4n) is 5.47. The lowest BCUT2D eigenvalue weighted by Gasteiger charge is -2.46. The van der Waals surface area contributed by atoms with Crippen molar-refractivity contribution in [3.63, 3.8) is 0 Å². The van der Waals surface area contributed by atoms with Crippen LogP contribution < -0.4 is 28.3 Å². The van der Waals surface area contributed by atoms with Gasteiger partial charge < -0.3 is 87.6 Å². The smallest absolute Gasteiger partial charge is 0.396 e. The van der Waals surface area contributed by atoms with Crippen molar-refractivity contribution in [2.75, 3.05) is 20.3 Å². The van der Waals surface area contributed by atoms with Gasteiger partial charge in [0.25, 0.3) is 0 Å². The molecule has 3 fully saturated rings. The number of likely N-dealkylation sites (N-methyl/N-ethyl adjacent to an activating group) is 1. The number of phosphoric ester groups is 1. The summed E-state index contributed by atoms with van der Waals surface area (Å²) in [6, 6.07) is -4.28. The summed E-state index contributed by atoms with van der Waals surface area (Å²) in [7, 11) is -3.86. The summed E-state index contributed by atoms with van der Waals surface area (Å²) in [6.07, 6.45) is -16.5. The van der Waals surface area contributed by atoms with Crippen LogP contribution in [-0.4, -0.2) is 158 Å². The Hall–Kier alpha value is -1.79. The lowest BCUT2D eigenvalue weighted by atomic mass is 9.81. The molecule has 17 N–H and O–H groups in total. The number of aliphatic hydroxyl groups is 6. The molecule has 0 unspecified atom stereocenters. The molecule has 2 aliphatic heterocycles.